The monoisotopic (exact) mass is 332 g/mol. The number of benzene rings is 1. The molecule has 1 aromatic rings. The number of urea groups is 2. The Kier molecular flexibility index (Phi) is 5.40. The Morgan fingerprint density at radius 3 is 2.25 bits per heavy atom. The van der Waals surface area contributed by atoms with Crippen LogP contribution in [0.5, 0.6) is 0 Å². The van der Waals surface area contributed by atoms with E-state index >= 15 is 0 Å². The molecule has 0 aliphatic carbocycles. The second kappa shape index (κ2) is 7.31. The minimum Gasteiger partial charge on any atom is -0.395 e. The van der Waals surface area contributed by atoms with Crippen molar-refractivity contribution in [3.8, 4) is 0 Å². The number of oxime groups is 1. The molecule has 0 saturated heterocycles. The van der Waals surface area contributed by atoms with Crippen LogP contribution in [-0.2, 0) is 4.84 Å². The number of carbonyl (C=O) groups is 2. The van der Waals surface area contributed by atoms with Gasteiger partial charge >= 0.3 is 12.1 Å². The molecule has 1 aromatic carbocycles. The molecule has 2 rings (SSSR count). The number of nitrogens with zero attached hydrogens (tertiary/aromatic N) is 5. The van der Waals surface area contributed by atoms with Gasteiger partial charge in [0.15, 0.2) is 0 Å². The molecule has 0 radical (unpaired) electrons. The molecule has 8 heteroatoms. The molecule has 0 atom stereocenters. The molecule has 0 unspecified atom stereocenters. The van der Waals surface area contributed by atoms with Crippen molar-refractivity contribution < 1.29 is 18.9 Å². The predicted molar refractivity (Wildman–Crippen MR) is 90.2 cm³/mol. The van der Waals surface area contributed by atoms with Crippen molar-refractivity contribution in [2.75, 3.05) is 39.2 Å². The van der Waals surface area contributed by atoms with Crippen LogP contribution in [0, 0.1) is 0 Å². The van der Waals surface area contributed by atoms with Gasteiger partial charge in [-0.05, 0) is 24.6 Å². The van der Waals surface area contributed by atoms with Crippen LogP contribution < -0.4 is 4.90 Å². The summed E-state index contributed by atoms with van der Waals surface area (Å²) < 4.78 is 0.889. The Hall–Kier alpha value is -2.61. The first-order chi connectivity index (χ1) is 11.3. The van der Waals surface area contributed by atoms with E-state index in [0.29, 0.717) is 12.3 Å². The number of hydrogen-bond acceptors (Lipinski definition) is 4. The highest BCUT2D eigenvalue weighted by atomic mass is 16.6. The van der Waals surface area contributed by atoms with Crippen LogP contribution in [0.1, 0.15) is 18.9 Å². The fraction of sp³-hybridized carbons (Fsp3) is 0.438. The van der Waals surface area contributed by atoms with Gasteiger partial charge in [-0.1, -0.05) is 27.5 Å². The molecular weight excluding hydrogens is 310 g/mol. The molecule has 0 bridgehead atoms. The number of anilines is 1. The summed E-state index contributed by atoms with van der Waals surface area (Å²) in [6, 6.07) is 5.47. The first-order valence-electron chi connectivity index (χ1n) is 7.65. The van der Waals surface area contributed by atoms with Crippen molar-refractivity contribution in [1.82, 2.24) is 0 Å². The number of carbonyl (C=O) groups excluding carboxylic acids is 2. The number of azo groups is 1. The van der Waals surface area contributed by atoms with Crippen molar-refractivity contribution in [2.45, 2.75) is 13.3 Å². The number of amides is 4. The molecule has 0 aromatic heterocycles. The summed E-state index contributed by atoms with van der Waals surface area (Å²) >= 11 is 0. The van der Waals surface area contributed by atoms with E-state index < -0.39 is 12.1 Å². The molecule has 0 N–H and O–H groups in total. The van der Waals surface area contributed by atoms with Crippen LogP contribution in [0.25, 0.3) is 0 Å². The standard InChI is InChI=1S/C16H22N5O3/c1-12(19-24-11-5-10-21(2,3)4)13-6-8-14(9-7-13)20-15(22)17-18-16(20)23/h6-9H,5,10-11H2,1-4H3/q+1. The quantitative estimate of drug-likeness (QED) is 0.333. The lowest BCUT2D eigenvalue weighted by Crippen LogP contribution is -2.35. The maximum atomic E-state index is 11.5. The lowest BCUT2D eigenvalue weighted by molar-refractivity contribution is -0.870. The maximum absolute atomic E-state index is 11.5. The molecule has 1 heterocycles. The summed E-state index contributed by atoms with van der Waals surface area (Å²) in [7, 11) is 6.39. The second-order valence-electron chi connectivity index (χ2n) is 6.52. The van der Waals surface area contributed by atoms with Crippen LogP contribution in [0.4, 0.5) is 15.3 Å². The average Bonchev–Trinajstić information content (AvgIpc) is 2.85. The SMILES string of the molecule is CC(=NOCCC[N+](C)(C)C)c1ccc(N2C(=O)N=NC2=O)cc1. The fourth-order valence-corrected chi connectivity index (χ4v) is 2.13. The highest BCUT2D eigenvalue weighted by molar-refractivity contribution is 6.17. The Balaban J connectivity index is 1.91. The number of quaternary nitrogens is 1. The van der Waals surface area contributed by atoms with E-state index in [1.54, 1.807) is 24.3 Å². The van der Waals surface area contributed by atoms with Gasteiger partial charge in [0.1, 0.15) is 6.61 Å². The van der Waals surface area contributed by atoms with Gasteiger partial charge in [0.25, 0.3) is 0 Å². The summed E-state index contributed by atoms with van der Waals surface area (Å²) in [5, 5.41) is 10.5. The molecule has 24 heavy (non-hydrogen) atoms. The van der Waals surface area contributed by atoms with E-state index in [1.807, 2.05) is 6.92 Å². The Bertz CT molecular complexity index is 656. The van der Waals surface area contributed by atoms with Gasteiger partial charge in [-0.15, -0.1) is 0 Å². The van der Waals surface area contributed by atoms with Crippen LogP contribution in [0.3, 0.4) is 0 Å². The van der Waals surface area contributed by atoms with Crippen molar-refractivity contribution in [3.63, 3.8) is 0 Å². The third kappa shape index (κ3) is 4.69. The van der Waals surface area contributed by atoms with E-state index in [0.717, 1.165) is 33.6 Å². The van der Waals surface area contributed by atoms with E-state index in [4.69, 9.17) is 4.84 Å². The number of hydrogen-bond donors (Lipinski definition) is 0. The second-order valence-corrected chi connectivity index (χ2v) is 6.52. The van der Waals surface area contributed by atoms with Gasteiger partial charge < -0.3 is 9.32 Å². The summed E-state index contributed by atoms with van der Waals surface area (Å²) in [5.74, 6) is 0. The Morgan fingerprint density at radius 1 is 1.12 bits per heavy atom. The van der Waals surface area contributed by atoms with Gasteiger partial charge in [0.05, 0.1) is 39.1 Å². The Morgan fingerprint density at radius 2 is 1.71 bits per heavy atom. The molecule has 8 nitrogen and oxygen atoms in total. The van der Waals surface area contributed by atoms with E-state index in [9.17, 15) is 9.59 Å². The van der Waals surface area contributed by atoms with Gasteiger partial charge in [0.2, 0.25) is 0 Å². The zero-order valence-corrected chi connectivity index (χ0v) is 14.4. The summed E-state index contributed by atoms with van der Waals surface area (Å²) in [6.45, 7) is 3.41. The normalized spacial score (nSPS) is 15.3. The van der Waals surface area contributed by atoms with Crippen molar-refractivity contribution in [1.29, 1.82) is 0 Å². The van der Waals surface area contributed by atoms with Crippen LogP contribution >= 0.6 is 0 Å². The Labute approximate surface area is 141 Å². The minimum atomic E-state index is -0.682. The topological polar surface area (TPSA) is 83.7 Å². The van der Waals surface area contributed by atoms with Crippen LogP contribution in [0.15, 0.2) is 39.6 Å². The van der Waals surface area contributed by atoms with Crippen molar-refractivity contribution in [2.24, 2.45) is 15.4 Å². The average molecular weight is 332 g/mol. The predicted octanol–water partition coefficient (Wildman–Crippen LogP) is 3.04. The zero-order chi connectivity index (χ0) is 17.7. The third-order valence-corrected chi connectivity index (χ3v) is 3.41. The molecule has 1 aliphatic rings. The molecule has 0 saturated carbocycles. The zero-order valence-electron chi connectivity index (χ0n) is 14.4. The van der Waals surface area contributed by atoms with E-state index in [-0.39, 0.29) is 0 Å². The highest BCUT2D eigenvalue weighted by Gasteiger charge is 2.28. The summed E-state index contributed by atoms with van der Waals surface area (Å²) in [4.78, 5) is 29.2. The first kappa shape index (κ1) is 17.7. The van der Waals surface area contributed by atoms with Gasteiger partial charge in [0, 0.05) is 6.42 Å². The van der Waals surface area contributed by atoms with E-state index in [2.05, 4.69) is 36.5 Å². The molecule has 0 fully saturated rings. The molecule has 4 amide bonds. The van der Waals surface area contributed by atoms with Crippen molar-refractivity contribution >= 4 is 23.5 Å². The van der Waals surface area contributed by atoms with Crippen LogP contribution in [-0.4, -0.2) is 56.6 Å². The smallest absolute Gasteiger partial charge is 0.375 e. The third-order valence-electron chi connectivity index (χ3n) is 3.41. The first-order valence-corrected chi connectivity index (χ1v) is 7.65. The highest BCUT2D eigenvalue weighted by Crippen LogP contribution is 2.21. The van der Waals surface area contributed by atoms with Gasteiger partial charge in [-0.2, -0.15) is 0 Å². The molecule has 128 valence electrons. The van der Waals surface area contributed by atoms with Crippen molar-refractivity contribution in [3.05, 3.63) is 29.8 Å². The summed E-state index contributed by atoms with van der Waals surface area (Å²) in [6.07, 6.45) is 0.922. The van der Waals surface area contributed by atoms with Gasteiger partial charge in [-0.25, -0.2) is 14.5 Å². The minimum absolute atomic E-state index is 0.426. The molecule has 1 aliphatic heterocycles. The van der Waals surface area contributed by atoms with E-state index in [1.165, 1.54) is 0 Å². The largest absolute Gasteiger partial charge is 0.395 e. The fourth-order valence-electron chi connectivity index (χ4n) is 2.13. The maximum Gasteiger partial charge on any atom is 0.375 e. The molecule has 0 spiro atoms. The van der Waals surface area contributed by atoms with Crippen LogP contribution in [0.2, 0.25) is 0 Å². The lowest BCUT2D eigenvalue weighted by Gasteiger charge is -2.23. The molecular formula is C16H22N5O3+. The summed E-state index contributed by atoms with van der Waals surface area (Å²) in [5.41, 5.74) is 1.99. The van der Waals surface area contributed by atoms with Gasteiger partial charge in [-0.3, -0.25) is 0 Å². The lowest BCUT2D eigenvalue weighted by atomic mass is 10.1. The number of rotatable bonds is 7. The number of imide groups is 1.